The van der Waals surface area contributed by atoms with Crippen LogP contribution < -0.4 is 4.90 Å². The molecule has 0 bridgehead atoms. The number of nitrogens with zero attached hydrogens (tertiary/aromatic N) is 1. The minimum absolute atomic E-state index is 0.121. The molecule has 8 heteroatoms. The molecule has 3 N–H and O–H groups in total. The van der Waals surface area contributed by atoms with E-state index in [9.17, 15) is 24.6 Å². The number of hydrogen-bond acceptors (Lipinski definition) is 5. The molecule has 0 fully saturated rings. The fourth-order valence-electron chi connectivity index (χ4n) is 3.11. The Morgan fingerprint density at radius 1 is 0.621 bits per heavy atom. The Kier molecular flexibility index (Phi) is 4.48. The summed E-state index contributed by atoms with van der Waals surface area (Å²) in [6.45, 7) is 0. The second kappa shape index (κ2) is 6.99. The molecule has 0 unspecified atom stereocenters. The predicted molar refractivity (Wildman–Crippen MR) is 106 cm³/mol. The maximum atomic E-state index is 11.4. The van der Waals surface area contributed by atoms with Gasteiger partial charge in [0, 0.05) is 15.5 Å². The van der Waals surface area contributed by atoms with Crippen molar-refractivity contribution in [1.29, 1.82) is 0 Å². The molecule has 0 amide bonds. The first kappa shape index (κ1) is 18.6. The molecule has 1 heterocycles. The number of carbonyl (C=O) groups is 3. The van der Waals surface area contributed by atoms with Gasteiger partial charge in [-0.05, 0) is 60.7 Å². The summed E-state index contributed by atoms with van der Waals surface area (Å²) in [5.41, 5.74) is 2.50. The number of fused-ring (bicyclic) bond motifs is 2. The van der Waals surface area contributed by atoms with Crippen molar-refractivity contribution >= 4 is 46.7 Å². The summed E-state index contributed by atoms with van der Waals surface area (Å²) in [5.74, 6) is -3.16. The molecule has 7 nitrogen and oxygen atoms in total. The molecule has 4 rings (SSSR count). The molecule has 0 saturated heterocycles. The molecule has 29 heavy (non-hydrogen) atoms. The highest BCUT2D eigenvalue weighted by Crippen LogP contribution is 2.51. The Morgan fingerprint density at radius 2 is 1.03 bits per heavy atom. The van der Waals surface area contributed by atoms with Gasteiger partial charge < -0.3 is 20.2 Å². The van der Waals surface area contributed by atoms with Gasteiger partial charge in [-0.15, -0.1) is 0 Å². The summed E-state index contributed by atoms with van der Waals surface area (Å²) in [6.07, 6.45) is 0. The highest BCUT2D eigenvalue weighted by Gasteiger charge is 2.27. The van der Waals surface area contributed by atoms with E-state index in [0.717, 1.165) is 11.4 Å². The zero-order valence-electron chi connectivity index (χ0n) is 14.7. The van der Waals surface area contributed by atoms with Crippen LogP contribution >= 0.6 is 11.8 Å². The second-order valence-electron chi connectivity index (χ2n) is 6.26. The summed E-state index contributed by atoms with van der Waals surface area (Å²) >= 11 is 1.29. The molecule has 144 valence electrons. The Balaban J connectivity index is 1.90. The van der Waals surface area contributed by atoms with Crippen molar-refractivity contribution in [2.24, 2.45) is 0 Å². The minimum atomic E-state index is -1.06. The number of aromatic carboxylic acids is 3. The van der Waals surface area contributed by atoms with E-state index >= 15 is 0 Å². The van der Waals surface area contributed by atoms with Crippen molar-refractivity contribution in [2.45, 2.75) is 9.79 Å². The third-order valence-electron chi connectivity index (χ3n) is 4.49. The normalized spacial score (nSPS) is 12.1. The topological polar surface area (TPSA) is 115 Å². The van der Waals surface area contributed by atoms with Gasteiger partial charge in [-0.25, -0.2) is 14.4 Å². The first-order valence-corrected chi connectivity index (χ1v) is 9.23. The van der Waals surface area contributed by atoms with Crippen molar-refractivity contribution in [3.63, 3.8) is 0 Å². The standard InChI is InChI=1S/C21H13NO6S/c23-19(24)11-1-5-14(6-2-11)22-15-7-3-12(20(25)26)9-17(15)29-18-10-13(21(27)28)4-8-16(18)22/h1-10H,(H,23,24)(H,25,26)(H,27,28). The van der Waals surface area contributed by atoms with Gasteiger partial charge in [-0.1, -0.05) is 11.8 Å². The Labute approximate surface area is 168 Å². The molecule has 0 spiro atoms. The van der Waals surface area contributed by atoms with Gasteiger partial charge in [0.1, 0.15) is 0 Å². The van der Waals surface area contributed by atoms with E-state index in [-0.39, 0.29) is 16.7 Å². The Hall–Kier alpha value is -3.78. The lowest BCUT2D eigenvalue weighted by molar-refractivity contribution is 0.0686. The number of anilines is 3. The van der Waals surface area contributed by atoms with E-state index in [1.165, 1.54) is 48.2 Å². The van der Waals surface area contributed by atoms with E-state index < -0.39 is 17.9 Å². The third kappa shape index (κ3) is 3.30. The molecule has 0 radical (unpaired) electrons. The summed E-state index contributed by atoms with van der Waals surface area (Å²) < 4.78 is 0. The fourth-order valence-corrected chi connectivity index (χ4v) is 4.24. The van der Waals surface area contributed by atoms with E-state index in [0.29, 0.717) is 15.5 Å². The molecule has 1 aliphatic rings. The zero-order valence-corrected chi connectivity index (χ0v) is 15.5. The first-order chi connectivity index (χ1) is 13.8. The molecule has 0 aliphatic carbocycles. The number of benzene rings is 3. The largest absolute Gasteiger partial charge is 0.478 e. The van der Waals surface area contributed by atoms with E-state index in [1.54, 1.807) is 24.3 Å². The predicted octanol–water partition coefficient (Wildman–Crippen LogP) is 4.72. The molecule has 0 atom stereocenters. The molecule has 0 aromatic heterocycles. The number of hydrogen-bond donors (Lipinski definition) is 3. The van der Waals surface area contributed by atoms with Crippen LogP contribution in [0.5, 0.6) is 0 Å². The van der Waals surface area contributed by atoms with Gasteiger partial charge in [0.2, 0.25) is 0 Å². The zero-order chi connectivity index (χ0) is 20.7. The molecular weight excluding hydrogens is 394 g/mol. The summed E-state index contributed by atoms with van der Waals surface area (Å²) in [5, 5.41) is 27.8. The first-order valence-electron chi connectivity index (χ1n) is 8.41. The van der Waals surface area contributed by atoms with Crippen LogP contribution in [-0.4, -0.2) is 33.2 Å². The fraction of sp³-hybridized carbons (Fsp3) is 0. The number of carboxylic acids is 3. The van der Waals surface area contributed by atoms with Gasteiger partial charge >= 0.3 is 17.9 Å². The van der Waals surface area contributed by atoms with Crippen molar-refractivity contribution in [3.8, 4) is 0 Å². The van der Waals surface area contributed by atoms with Crippen molar-refractivity contribution in [3.05, 3.63) is 77.4 Å². The third-order valence-corrected chi connectivity index (χ3v) is 5.58. The van der Waals surface area contributed by atoms with Gasteiger partial charge in [-0.2, -0.15) is 0 Å². The van der Waals surface area contributed by atoms with Gasteiger partial charge in [0.05, 0.1) is 28.1 Å². The molecule has 3 aromatic carbocycles. The summed E-state index contributed by atoms with van der Waals surface area (Å²) in [7, 11) is 0. The van der Waals surface area contributed by atoms with E-state index in [4.69, 9.17) is 5.11 Å². The lowest BCUT2D eigenvalue weighted by Gasteiger charge is -2.33. The molecular formula is C21H13NO6S. The average molecular weight is 407 g/mol. The molecule has 1 aliphatic heterocycles. The Bertz CT molecular complexity index is 1110. The lowest BCUT2D eigenvalue weighted by Crippen LogP contribution is -2.16. The van der Waals surface area contributed by atoms with Crippen LogP contribution in [-0.2, 0) is 0 Å². The van der Waals surface area contributed by atoms with Crippen LogP contribution in [0, 0.1) is 0 Å². The molecule has 0 saturated carbocycles. The van der Waals surface area contributed by atoms with Crippen LogP contribution in [0.1, 0.15) is 31.1 Å². The average Bonchev–Trinajstić information content (AvgIpc) is 2.71. The second-order valence-corrected chi connectivity index (χ2v) is 7.35. The maximum Gasteiger partial charge on any atom is 0.335 e. The van der Waals surface area contributed by atoms with Crippen LogP contribution in [0.4, 0.5) is 17.1 Å². The van der Waals surface area contributed by atoms with Crippen molar-refractivity contribution < 1.29 is 29.7 Å². The summed E-state index contributed by atoms with van der Waals surface area (Å²) in [6, 6.07) is 15.7. The number of rotatable bonds is 4. The van der Waals surface area contributed by atoms with Gasteiger partial charge in [0.25, 0.3) is 0 Å². The molecule has 3 aromatic rings. The highest BCUT2D eigenvalue weighted by molar-refractivity contribution is 7.99. The quantitative estimate of drug-likeness (QED) is 0.445. The van der Waals surface area contributed by atoms with Gasteiger partial charge in [0.15, 0.2) is 0 Å². The van der Waals surface area contributed by atoms with Crippen LogP contribution in [0.15, 0.2) is 70.5 Å². The maximum absolute atomic E-state index is 11.4. The summed E-state index contributed by atoms with van der Waals surface area (Å²) in [4.78, 5) is 37.1. The van der Waals surface area contributed by atoms with E-state index in [2.05, 4.69) is 0 Å². The van der Waals surface area contributed by atoms with Crippen LogP contribution in [0.2, 0.25) is 0 Å². The SMILES string of the molecule is O=C(O)c1ccc(N2c3ccc(C(=O)O)cc3Sc3cc(C(=O)O)ccc32)cc1. The van der Waals surface area contributed by atoms with Gasteiger partial charge in [-0.3, -0.25) is 0 Å². The van der Waals surface area contributed by atoms with Crippen molar-refractivity contribution in [1.82, 2.24) is 0 Å². The Morgan fingerprint density at radius 3 is 1.45 bits per heavy atom. The smallest absolute Gasteiger partial charge is 0.335 e. The van der Waals surface area contributed by atoms with Crippen LogP contribution in [0.25, 0.3) is 0 Å². The minimum Gasteiger partial charge on any atom is -0.478 e. The highest BCUT2D eigenvalue weighted by atomic mass is 32.2. The monoisotopic (exact) mass is 407 g/mol. The van der Waals surface area contributed by atoms with E-state index in [1.807, 2.05) is 4.90 Å². The van der Waals surface area contributed by atoms with Crippen LogP contribution in [0.3, 0.4) is 0 Å². The number of carboxylic acid groups (broad SMARTS) is 3. The van der Waals surface area contributed by atoms with Crippen molar-refractivity contribution in [2.75, 3.05) is 4.90 Å². The lowest BCUT2D eigenvalue weighted by atomic mass is 10.1.